The van der Waals surface area contributed by atoms with Gasteiger partial charge in [-0.05, 0) is 52.7 Å². The summed E-state index contributed by atoms with van der Waals surface area (Å²) < 4.78 is 16.4. The maximum absolute atomic E-state index is 11.6. The van der Waals surface area contributed by atoms with E-state index in [0.717, 1.165) is 23.3 Å². The number of hydrogen-bond acceptors (Lipinski definition) is 5. The van der Waals surface area contributed by atoms with Gasteiger partial charge in [0.05, 0.1) is 6.61 Å². The highest BCUT2D eigenvalue weighted by atomic mass is 127. The molecule has 0 fully saturated rings. The van der Waals surface area contributed by atoms with Gasteiger partial charge in [-0.2, -0.15) is 0 Å². The number of carbonyl (C=O) groups excluding carboxylic acids is 1. The molecule has 1 aromatic rings. The van der Waals surface area contributed by atoms with Gasteiger partial charge in [0.1, 0.15) is 18.0 Å². The molecule has 31 heavy (non-hydrogen) atoms. The number of rotatable bonds is 11. The van der Waals surface area contributed by atoms with Gasteiger partial charge in [0.15, 0.2) is 5.96 Å². The van der Waals surface area contributed by atoms with Gasteiger partial charge < -0.3 is 30.2 Å². The fraction of sp³-hybridized carbons (Fsp3) is 0.636. The first-order valence-electron chi connectivity index (χ1n) is 10.5. The Morgan fingerprint density at radius 2 is 1.81 bits per heavy atom. The highest BCUT2D eigenvalue weighted by Crippen LogP contribution is 2.20. The number of ether oxygens (including phenoxy) is 3. The summed E-state index contributed by atoms with van der Waals surface area (Å²) in [5, 5.41) is 9.27. The van der Waals surface area contributed by atoms with Gasteiger partial charge in [0.25, 0.3) is 0 Å². The summed E-state index contributed by atoms with van der Waals surface area (Å²) in [6.45, 7) is 13.1. The van der Waals surface area contributed by atoms with Crippen LogP contribution in [0.1, 0.15) is 45.2 Å². The molecule has 3 N–H and O–H groups in total. The Hall–Kier alpha value is -1.75. The number of benzene rings is 1. The summed E-state index contributed by atoms with van der Waals surface area (Å²) in [4.78, 5) is 15.9. The Morgan fingerprint density at radius 3 is 2.45 bits per heavy atom. The molecule has 0 bridgehead atoms. The third kappa shape index (κ3) is 14.0. The van der Waals surface area contributed by atoms with E-state index in [4.69, 9.17) is 14.2 Å². The second kappa shape index (κ2) is 16.0. The summed E-state index contributed by atoms with van der Waals surface area (Å²) in [7, 11) is 1.73. The minimum atomic E-state index is -0.490. The predicted molar refractivity (Wildman–Crippen MR) is 136 cm³/mol. The summed E-state index contributed by atoms with van der Waals surface area (Å²) in [5.41, 5.74) is 1.70. The number of halogens is 1. The van der Waals surface area contributed by atoms with E-state index < -0.39 is 11.7 Å². The van der Waals surface area contributed by atoms with Crippen molar-refractivity contribution in [1.82, 2.24) is 16.0 Å². The van der Waals surface area contributed by atoms with Crippen LogP contribution >= 0.6 is 24.0 Å². The topological polar surface area (TPSA) is 93.2 Å². The number of aliphatic imine (C=N–C) groups is 1. The number of carbonyl (C=O) groups is 1. The zero-order valence-corrected chi connectivity index (χ0v) is 22.0. The minimum absolute atomic E-state index is 0. The van der Waals surface area contributed by atoms with Crippen molar-refractivity contribution < 1.29 is 19.0 Å². The molecule has 0 spiro atoms. The Kier molecular flexibility index (Phi) is 15.1. The van der Waals surface area contributed by atoms with E-state index in [-0.39, 0.29) is 24.0 Å². The predicted octanol–water partition coefficient (Wildman–Crippen LogP) is 3.61. The number of hydrogen-bond donors (Lipinski definition) is 3. The van der Waals surface area contributed by atoms with Crippen molar-refractivity contribution in [1.29, 1.82) is 0 Å². The molecule has 0 heterocycles. The first-order chi connectivity index (χ1) is 14.2. The van der Waals surface area contributed by atoms with E-state index in [0.29, 0.717) is 45.4 Å². The molecule has 9 heteroatoms. The van der Waals surface area contributed by atoms with Crippen molar-refractivity contribution in [3.63, 3.8) is 0 Å². The summed E-state index contributed by atoms with van der Waals surface area (Å²) in [6.07, 6.45) is 0.345. The first-order valence-corrected chi connectivity index (χ1v) is 10.5. The summed E-state index contributed by atoms with van der Waals surface area (Å²) >= 11 is 0. The van der Waals surface area contributed by atoms with E-state index >= 15 is 0 Å². The van der Waals surface area contributed by atoms with Crippen LogP contribution in [-0.2, 0) is 16.0 Å². The van der Waals surface area contributed by atoms with Gasteiger partial charge in [-0.1, -0.05) is 12.1 Å². The Morgan fingerprint density at radius 1 is 1.10 bits per heavy atom. The zero-order chi connectivity index (χ0) is 22.4. The lowest BCUT2D eigenvalue weighted by Gasteiger charge is -2.19. The molecule has 0 saturated heterocycles. The van der Waals surface area contributed by atoms with E-state index in [9.17, 15) is 4.79 Å². The van der Waals surface area contributed by atoms with Gasteiger partial charge in [0, 0.05) is 38.9 Å². The van der Waals surface area contributed by atoms with Crippen molar-refractivity contribution in [3.8, 4) is 5.75 Å². The van der Waals surface area contributed by atoms with Crippen molar-refractivity contribution in [2.24, 2.45) is 4.99 Å². The molecule has 0 radical (unpaired) electrons. The van der Waals surface area contributed by atoms with Gasteiger partial charge in [-0.3, -0.25) is 4.99 Å². The maximum atomic E-state index is 11.6. The summed E-state index contributed by atoms with van der Waals surface area (Å²) in [6, 6.07) is 6.14. The third-order valence-corrected chi connectivity index (χ3v) is 3.90. The highest BCUT2D eigenvalue weighted by molar-refractivity contribution is 14.0. The van der Waals surface area contributed by atoms with Crippen LogP contribution in [0.2, 0.25) is 0 Å². The van der Waals surface area contributed by atoms with Crippen molar-refractivity contribution >= 4 is 36.0 Å². The van der Waals surface area contributed by atoms with Crippen LogP contribution in [0, 0.1) is 6.92 Å². The van der Waals surface area contributed by atoms with Gasteiger partial charge in [-0.25, -0.2) is 4.79 Å². The lowest BCUT2D eigenvalue weighted by molar-refractivity contribution is 0.0527. The highest BCUT2D eigenvalue weighted by Gasteiger charge is 2.15. The lowest BCUT2D eigenvalue weighted by Crippen LogP contribution is -2.39. The third-order valence-electron chi connectivity index (χ3n) is 3.90. The van der Waals surface area contributed by atoms with Crippen molar-refractivity contribution in [2.45, 2.75) is 53.2 Å². The minimum Gasteiger partial charge on any atom is -0.491 e. The van der Waals surface area contributed by atoms with Crippen molar-refractivity contribution in [3.05, 3.63) is 29.3 Å². The van der Waals surface area contributed by atoms with E-state index in [1.165, 1.54) is 0 Å². The van der Waals surface area contributed by atoms with Crippen LogP contribution in [0.5, 0.6) is 5.75 Å². The second-order valence-corrected chi connectivity index (χ2v) is 7.79. The standard InChI is InChI=1S/C22H38N4O4.HI/c1-7-28-13-14-29-19-15-17(2)9-10-18(19)16-26-20(23-6)24-11-8-12-25-21(27)30-22(3,4)5;/h9-10,15H,7-8,11-14,16H2,1-6H3,(H,25,27)(H2,23,24,26);1H. The Balaban J connectivity index is 0.00000900. The zero-order valence-electron chi connectivity index (χ0n) is 19.7. The number of amides is 1. The Labute approximate surface area is 203 Å². The van der Waals surface area contributed by atoms with E-state index in [1.807, 2.05) is 40.7 Å². The number of nitrogens with zero attached hydrogens (tertiary/aromatic N) is 1. The molecular formula is C22H39IN4O4. The SMILES string of the molecule is CCOCCOc1cc(C)ccc1CNC(=NC)NCCCNC(=O)OC(C)(C)C.I. The normalized spacial score (nSPS) is 11.4. The van der Waals surface area contributed by atoms with E-state index in [1.54, 1.807) is 7.05 Å². The average Bonchev–Trinajstić information content (AvgIpc) is 2.67. The average molecular weight is 550 g/mol. The van der Waals surface area contributed by atoms with Gasteiger partial charge in [0.2, 0.25) is 0 Å². The first kappa shape index (κ1) is 29.2. The van der Waals surface area contributed by atoms with Crippen LogP contribution in [0.15, 0.2) is 23.2 Å². The largest absolute Gasteiger partial charge is 0.491 e. The molecule has 0 aliphatic carbocycles. The molecule has 1 rings (SSSR count). The van der Waals surface area contributed by atoms with Crippen LogP contribution in [0.4, 0.5) is 4.79 Å². The van der Waals surface area contributed by atoms with Crippen LogP contribution in [-0.4, -0.2) is 57.6 Å². The van der Waals surface area contributed by atoms with Gasteiger partial charge in [-0.15, -0.1) is 24.0 Å². The second-order valence-electron chi connectivity index (χ2n) is 7.79. The monoisotopic (exact) mass is 550 g/mol. The quantitative estimate of drug-likeness (QED) is 0.169. The maximum Gasteiger partial charge on any atom is 0.407 e. The molecule has 178 valence electrons. The van der Waals surface area contributed by atoms with E-state index in [2.05, 4.69) is 33.1 Å². The number of guanidine groups is 1. The van der Waals surface area contributed by atoms with Crippen LogP contribution in [0.3, 0.4) is 0 Å². The molecule has 1 amide bonds. The van der Waals surface area contributed by atoms with Crippen LogP contribution in [0.25, 0.3) is 0 Å². The molecule has 0 aliphatic heterocycles. The van der Waals surface area contributed by atoms with Gasteiger partial charge >= 0.3 is 6.09 Å². The molecular weight excluding hydrogens is 511 g/mol. The molecule has 0 aliphatic rings. The van der Waals surface area contributed by atoms with Crippen LogP contribution < -0.4 is 20.7 Å². The molecule has 1 aromatic carbocycles. The number of aryl methyl sites for hydroxylation is 1. The Bertz CT molecular complexity index is 678. The smallest absolute Gasteiger partial charge is 0.407 e. The number of alkyl carbamates (subject to hydrolysis) is 1. The molecule has 0 unspecified atom stereocenters. The fourth-order valence-electron chi connectivity index (χ4n) is 2.50. The lowest BCUT2D eigenvalue weighted by atomic mass is 10.1. The number of nitrogens with one attached hydrogen (secondary N) is 3. The fourth-order valence-corrected chi connectivity index (χ4v) is 2.50. The van der Waals surface area contributed by atoms with Crippen molar-refractivity contribution in [2.75, 3.05) is 40.0 Å². The molecule has 0 saturated carbocycles. The molecule has 0 aromatic heterocycles. The summed E-state index contributed by atoms with van der Waals surface area (Å²) in [5.74, 6) is 1.53. The molecule has 8 nitrogen and oxygen atoms in total. The molecule has 0 atom stereocenters.